The quantitative estimate of drug-likeness (QED) is 0.274. The predicted molar refractivity (Wildman–Crippen MR) is 141 cm³/mol. The number of benzene rings is 3. The summed E-state index contributed by atoms with van der Waals surface area (Å²) < 4.78 is 8.76. The molecule has 0 aliphatic carbocycles. The molecular formula is C26H23N5O2S2. The molecule has 2 heterocycles. The van der Waals surface area contributed by atoms with Gasteiger partial charge in [0.05, 0.1) is 16.0 Å². The Morgan fingerprint density at radius 1 is 1.06 bits per heavy atom. The van der Waals surface area contributed by atoms with Crippen molar-refractivity contribution < 1.29 is 9.53 Å². The van der Waals surface area contributed by atoms with Gasteiger partial charge in [-0.1, -0.05) is 36.0 Å². The molecule has 1 N–H and O–H groups in total. The summed E-state index contributed by atoms with van der Waals surface area (Å²) in [7, 11) is 1.87. The lowest BCUT2D eigenvalue weighted by molar-refractivity contribution is -0.113. The Bertz CT molecular complexity index is 1460. The number of aryl methyl sites for hydroxylation is 1. The first-order valence-corrected chi connectivity index (χ1v) is 12.8. The summed E-state index contributed by atoms with van der Waals surface area (Å²) in [6.07, 6.45) is 0. The van der Waals surface area contributed by atoms with Gasteiger partial charge in [0.2, 0.25) is 5.91 Å². The number of rotatable bonds is 8. The number of anilines is 1. The molecule has 0 bridgehead atoms. The normalized spacial score (nSPS) is 11.0. The molecule has 5 rings (SSSR count). The number of fused-ring (bicyclic) bond motifs is 1. The Morgan fingerprint density at radius 3 is 2.66 bits per heavy atom. The topological polar surface area (TPSA) is 81.9 Å². The third-order valence-electron chi connectivity index (χ3n) is 5.33. The largest absolute Gasteiger partial charge is 0.486 e. The minimum absolute atomic E-state index is 0.108. The highest BCUT2D eigenvalue weighted by Gasteiger charge is 2.13. The van der Waals surface area contributed by atoms with Crippen molar-refractivity contribution in [1.29, 1.82) is 0 Å². The second kappa shape index (κ2) is 10.3. The van der Waals surface area contributed by atoms with Gasteiger partial charge in [0.15, 0.2) is 11.0 Å². The van der Waals surface area contributed by atoms with Crippen LogP contribution in [0.4, 0.5) is 5.69 Å². The van der Waals surface area contributed by atoms with E-state index in [-0.39, 0.29) is 11.7 Å². The van der Waals surface area contributed by atoms with Gasteiger partial charge in [-0.25, -0.2) is 4.98 Å². The van der Waals surface area contributed by atoms with Crippen molar-refractivity contribution >= 4 is 44.9 Å². The first kappa shape index (κ1) is 23.1. The van der Waals surface area contributed by atoms with E-state index in [9.17, 15) is 4.79 Å². The van der Waals surface area contributed by atoms with Crippen LogP contribution in [0.2, 0.25) is 0 Å². The number of carbonyl (C=O) groups is 1. The van der Waals surface area contributed by atoms with Crippen molar-refractivity contribution in [1.82, 2.24) is 19.7 Å². The van der Waals surface area contributed by atoms with Gasteiger partial charge in [-0.05, 0) is 61.0 Å². The molecule has 0 fully saturated rings. The number of hydrogen-bond acceptors (Lipinski definition) is 7. The van der Waals surface area contributed by atoms with Crippen LogP contribution >= 0.6 is 23.1 Å². The van der Waals surface area contributed by atoms with Crippen molar-refractivity contribution in [3.8, 4) is 16.3 Å². The molecule has 7 nitrogen and oxygen atoms in total. The van der Waals surface area contributed by atoms with Crippen LogP contribution in [0.15, 0.2) is 78.0 Å². The number of para-hydroxylation sites is 1. The Kier molecular flexibility index (Phi) is 6.78. The molecule has 35 heavy (non-hydrogen) atoms. The van der Waals surface area contributed by atoms with Gasteiger partial charge in [-0.15, -0.1) is 21.5 Å². The zero-order valence-electron chi connectivity index (χ0n) is 19.3. The van der Waals surface area contributed by atoms with Gasteiger partial charge in [-0.3, -0.25) is 4.79 Å². The maximum atomic E-state index is 12.5. The fourth-order valence-corrected chi connectivity index (χ4v) is 5.24. The minimum Gasteiger partial charge on any atom is -0.486 e. The second-order valence-corrected chi connectivity index (χ2v) is 9.94. The van der Waals surface area contributed by atoms with E-state index in [1.165, 1.54) is 22.0 Å². The molecule has 2 aromatic heterocycles. The average molecular weight is 502 g/mol. The number of ether oxygens (including phenoxy) is 1. The fourth-order valence-electron chi connectivity index (χ4n) is 3.44. The molecule has 0 saturated heterocycles. The molecule has 3 aromatic carbocycles. The Morgan fingerprint density at radius 2 is 1.86 bits per heavy atom. The first-order chi connectivity index (χ1) is 17.0. The molecule has 176 valence electrons. The van der Waals surface area contributed by atoms with E-state index in [1.54, 1.807) is 11.3 Å². The lowest BCUT2D eigenvalue weighted by atomic mass is 10.2. The van der Waals surface area contributed by atoms with E-state index in [4.69, 9.17) is 9.72 Å². The number of nitrogens with zero attached hydrogens (tertiary/aromatic N) is 4. The minimum atomic E-state index is -0.108. The molecule has 0 saturated carbocycles. The number of carbonyl (C=O) groups excluding carboxylic acids is 1. The third-order valence-corrected chi connectivity index (χ3v) is 7.42. The van der Waals surface area contributed by atoms with Crippen molar-refractivity contribution in [3.05, 3.63) is 84.2 Å². The number of amides is 1. The van der Waals surface area contributed by atoms with E-state index < -0.39 is 0 Å². The summed E-state index contributed by atoms with van der Waals surface area (Å²) in [4.78, 5) is 17.2. The predicted octanol–water partition coefficient (Wildman–Crippen LogP) is 5.71. The summed E-state index contributed by atoms with van der Waals surface area (Å²) in [6, 6.07) is 23.6. The summed E-state index contributed by atoms with van der Waals surface area (Å²) in [5.74, 6) is 1.58. The van der Waals surface area contributed by atoms with Crippen LogP contribution in [-0.2, 0) is 18.4 Å². The van der Waals surface area contributed by atoms with Crippen LogP contribution in [0.1, 0.15) is 11.4 Å². The number of nitrogens with one attached hydrogen (secondary N) is 1. The standard InChI is InChI=1S/C26H23N5O2S2/c1-17-8-13-21-22(14-17)35-25(28-21)18-9-11-19(12-10-18)27-24(32)16-34-26-30-29-23(31(26)2)15-33-20-6-4-3-5-7-20/h3-14H,15-16H2,1-2H3,(H,27,32). The van der Waals surface area contributed by atoms with E-state index in [1.807, 2.05) is 72.3 Å². The summed E-state index contributed by atoms with van der Waals surface area (Å²) in [5, 5.41) is 12.9. The Hall–Kier alpha value is -3.69. The molecule has 0 aliphatic rings. The SMILES string of the molecule is Cc1ccc2nc(-c3ccc(NC(=O)CSc4nnc(COc5ccccc5)n4C)cc3)sc2c1. The number of thiazole rings is 1. The summed E-state index contributed by atoms with van der Waals surface area (Å²) in [6.45, 7) is 2.39. The highest BCUT2D eigenvalue weighted by Crippen LogP contribution is 2.31. The smallest absolute Gasteiger partial charge is 0.234 e. The van der Waals surface area contributed by atoms with Crippen LogP contribution in [0, 0.1) is 6.92 Å². The Labute approximate surface area is 211 Å². The van der Waals surface area contributed by atoms with Crippen molar-refractivity contribution in [2.45, 2.75) is 18.7 Å². The number of thioether (sulfide) groups is 1. The third kappa shape index (κ3) is 5.52. The van der Waals surface area contributed by atoms with E-state index in [2.05, 4.69) is 34.6 Å². The van der Waals surface area contributed by atoms with E-state index >= 15 is 0 Å². The zero-order chi connectivity index (χ0) is 24.2. The monoisotopic (exact) mass is 501 g/mol. The molecule has 1 amide bonds. The molecule has 0 unspecified atom stereocenters. The second-order valence-electron chi connectivity index (χ2n) is 7.96. The van der Waals surface area contributed by atoms with Gasteiger partial charge in [0, 0.05) is 18.3 Å². The van der Waals surface area contributed by atoms with Crippen LogP contribution in [0.25, 0.3) is 20.8 Å². The summed E-state index contributed by atoms with van der Waals surface area (Å²) >= 11 is 3.00. The highest BCUT2D eigenvalue weighted by molar-refractivity contribution is 7.99. The van der Waals surface area contributed by atoms with E-state index in [0.717, 1.165) is 27.5 Å². The molecule has 0 atom stereocenters. The average Bonchev–Trinajstić information content (AvgIpc) is 3.45. The van der Waals surface area contributed by atoms with Gasteiger partial charge in [0.25, 0.3) is 0 Å². The Balaban J connectivity index is 1.15. The van der Waals surface area contributed by atoms with Gasteiger partial charge in [0.1, 0.15) is 17.4 Å². The number of hydrogen-bond donors (Lipinski definition) is 1. The van der Waals surface area contributed by atoms with Crippen molar-refractivity contribution in [2.24, 2.45) is 7.05 Å². The molecule has 9 heteroatoms. The molecule has 5 aromatic rings. The van der Waals surface area contributed by atoms with Crippen molar-refractivity contribution in [2.75, 3.05) is 11.1 Å². The van der Waals surface area contributed by atoms with Crippen molar-refractivity contribution in [3.63, 3.8) is 0 Å². The molecule has 0 spiro atoms. The van der Waals surface area contributed by atoms with Crippen LogP contribution in [0.5, 0.6) is 5.75 Å². The van der Waals surface area contributed by atoms with Gasteiger partial charge >= 0.3 is 0 Å². The van der Waals surface area contributed by atoms with Crippen LogP contribution in [-0.4, -0.2) is 31.4 Å². The van der Waals surface area contributed by atoms with Gasteiger partial charge in [-0.2, -0.15) is 0 Å². The maximum absolute atomic E-state index is 12.5. The van der Waals surface area contributed by atoms with Crippen LogP contribution in [0.3, 0.4) is 0 Å². The first-order valence-electron chi connectivity index (χ1n) is 11.0. The van der Waals surface area contributed by atoms with Crippen LogP contribution < -0.4 is 10.1 Å². The van der Waals surface area contributed by atoms with Gasteiger partial charge < -0.3 is 14.6 Å². The van der Waals surface area contributed by atoms with E-state index in [0.29, 0.717) is 17.6 Å². The maximum Gasteiger partial charge on any atom is 0.234 e. The lowest BCUT2D eigenvalue weighted by Gasteiger charge is -2.07. The highest BCUT2D eigenvalue weighted by atomic mass is 32.2. The molecular weight excluding hydrogens is 478 g/mol. The fraction of sp³-hybridized carbons (Fsp3) is 0.154. The lowest BCUT2D eigenvalue weighted by Crippen LogP contribution is -2.14. The molecule has 0 radical (unpaired) electrons. The summed E-state index contributed by atoms with van der Waals surface area (Å²) in [5.41, 5.74) is 4.00. The molecule has 0 aliphatic heterocycles. The zero-order valence-corrected chi connectivity index (χ0v) is 20.9. The number of aromatic nitrogens is 4.